The topological polar surface area (TPSA) is 67.4 Å². The predicted octanol–water partition coefficient (Wildman–Crippen LogP) is 5.95. The van der Waals surface area contributed by atoms with Crippen LogP contribution in [0.4, 0.5) is 19.3 Å². The molecule has 0 heterocycles. The second-order valence-corrected chi connectivity index (χ2v) is 7.31. The number of amides is 3. The molecular weight excluding hydrogens is 402 g/mol. The van der Waals surface area contributed by atoms with Crippen molar-refractivity contribution < 1.29 is 23.1 Å². The molecule has 0 aliphatic heterocycles. The van der Waals surface area contributed by atoms with Crippen LogP contribution in [0, 0.1) is 39.3 Å². The van der Waals surface area contributed by atoms with Gasteiger partial charge in [0.2, 0.25) is 0 Å². The first-order valence-corrected chi connectivity index (χ1v) is 9.58. The molecule has 0 aliphatic rings. The predicted molar refractivity (Wildman–Crippen MR) is 115 cm³/mol. The lowest BCUT2D eigenvalue weighted by Gasteiger charge is -2.16. The van der Waals surface area contributed by atoms with Crippen LogP contribution in [0.15, 0.2) is 48.5 Å². The molecule has 0 atom stereocenters. The van der Waals surface area contributed by atoms with Gasteiger partial charge in [-0.25, -0.2) is 13.6 Å². The first-order chi connectivity index (χ1) is 14.7. The van der Waals surface area contributed by atoms with Gasteiger partial charge in [0.15, 0.2) is 0 Å². The third-order valence-electron chi connectivity index (χ3n) is 4.72. The molecule has 0 aromatic heterocycles. The number of benzene rings is 3. The molecule has 0 bridgehead atoms. The highest BCUT2D eigenvalue weighted by Crippen LogP contribution is 2.31. The van der Waals surface area contributed by atoms with Crippen LogP contribution in [0.2, 0.25) is 0 Å². The first kappa shape index (κ1) is 22.0. The standard InChI is InChI=1S/C24H22F2N2O3/c1-13-8-9-20(14(2)10-13)31-17-11-15(3)22(16(4)12-17)27-24(30)28-23(29)21-18(25)6-5-7-19(21)26/h5-12H,1-4H3,(H2,27,28,29,30). The summed E-state index contributed by atoms with van der Waals surface area (Å²) in [5.41, 5.74) is 3.16. The molecule has 2 N–H and O–H groups in total. The zero-order valence-corrected chi connectivity index (χ0v) is 17.6. The van der Waals surface area contributed by atoms with Gasteiger partial charge in [-0.05, 0) is 74.7 Å². The number of carbonyl (C=O) groups excluding carboxylic acids is 2. The number of ether oxygens (including phenoxy) is 1. The maximum absolute atomic E-state index is 13.7. The molecule has 3 aromatic rings. The van der Waals surface area contributed by atoms with Crippen molar-refractivity contribution >= 4 is 17.6 Å². The van der Waals surface area contributed by atoms with E-state index in [0.717, 1.165) is 35.1 Å². The average molecular weight is 424 g/mol. The lowest BCUT2D eigenvalue weighted by atomic mass is 10.1. The summed E-state index contributed by atoms with van der Waals surface area (Å²) < 4.78 is 33.4. The van der Waals surface area contributed by atoms with Gasteiger partial charge in [0.05, 0.1) is 0 Å². The van der Waals surface area contributed by atoms with Crippen LogP contribution in [0.5, 0.6) is 11.5 Å². The molecule has 0 spiro atoms. The van der Waals surface area contributed by atoms with Crippen molar-refractivity contribution in [3.05, 3.63) is 88.0 Å². The maximum atomic E-state index is 13.7. The van der Waals surface area contributed by atoms with E-state index in [4.69, 9.17) is 4.74 Å². The number of nitrogens with one attached hydrogen (secondary N) is 2. The molecule has 3 aromatic carbocycles. The summed E-state index contributed by atoms with van der Waals surface area (Å²) in [4.78, 5) is 24.4. The molecule has 3 rings (SSSR count). The Kier molecular flexibility index (Phi) is 6.34. The van der Waals surface area contributed by atoms with Gasteiger partial charge in [-0.1, -0.05) is 23.8 Å². The van der Waals surface area contributed by atoms with E-state index in [9.17, 15) is 18.4 Å². The normalized spacial score (nSPS) is 10.5. The molecule has 3 amide bonds. The summed E-state index contributed by atoms with van der Waals surface area (Å²) in [6.45, 7) is 7.51. The smallest absolute Gasteiger partial charge is 0.326 e. The quantitative estimate of drug-likeness (QED) is 0.544. The maximum Gasteiger partial charge on any atom is 0.326 e. The number of hydrogen-bond acceptors (Lipinski definition) is 3. The average Bonchev–Trinajstić information content (AvgIpc) is 2.67. The fraction of sp³-hybridized carbons (Fsp3) is 0.167. The second kappa shape index (κ2) is 8.95. The third-order valence-corrected chi connectivity index (χ3v) is 4.72. The van der Waals surface area contributed by atoms with E-state index in [1.165, 1.54) is 0 Å². The molecule has 0 aliphatic carbocycles. The van der Waals surface area contributed by atoms with E-state index in [2.05, 4.69) is 5.32 Å². The van der Waals surface area contributed by atoms with Crippen LogP contribution in [0.3, 0.4) is 0 Å². The number of aryl methyl sites for hydroxylation is 4. The van der Waals surface area contributed by atoms with Gasteiger partial charge < -0.3 is 10.1 Å². The molecular formula is C24H22F2N2O3. The highest BCUT2D eigenvalue weighted by atomic mass is 19.1. The molecule has 0 unspecified atom stereocenters. The number of hydrogen-bond donors (Lipinski definition) is 2. The number of carbonyl (C=O) groups is 2. The molecule has 0 saturated carbocycles. The Morgan fingerprint density at radius 2 is 1.45 bits per heavy atom. The van der Waals surface area contributed by atoms with Gasteiger partial charge in [0, 0.05) is 5.69 Å². The third kappa shape index (κ3) is 5.06. The minimum atomic E-state index is -1.17. The van der Waals surface area contributed by atoms with Crippen LogP contribution >= 0.6 is 0 Å². The Labute approximate surface area is 179 Å². The van der Waals surface area contributed by atoms with Gasteiger partial charge >= 0.3 is 6.03 Å². The molecule has 0 radical (unpaired) electrons. The first-order valence-electron chi connectivity index (χ1n) is 9.58. The van der Waals surface area contributed by atoms with Crippen molar-refractivity contribution in [2.45, 2.75) is 27.7 Å². The van der Waals surface area contributed by atoms with Crippen LogP contribution in [-0.4, -0.2) is 11.9 Å². The van der Waals surface area contributed by atoms with Crippen molar-refractivity contribution in [3.8, 4) is 11.5 Å². The van der Waals surface area contributed by atoms with Crippen molar-refractivity contribution in [1.29, 1.82) is 0 Å². The van der Waals surface area contributed by atoms with Crippen molar-refractivity contribution in [1.82, 2.24) is 5.32 Å². The van der Waals surface area contributed by atoms with Gasteiger partial charge in [-0.3, -0.25) is 10.1 Å². The SMILES string of the molecule is Cc1ccc(Oc2cc(C)c(NC(=O)NC(=O)c3c(F)cccc3F)c(C)c2)c(C)c1. The summed E-state index contributed by atoms with van der Waals surface area (Å²) in [5.74, 6) is -1.95. The Bertz CT molecular complexity index is 1130. The van der Waals surface area contributed by atoms with E-state index in [1.807, 2.05) is 37.4 Å². The van der Waals surface area contributed by atoms with Gasteiger partial charge in [0.1, 0.15) is 28.7 Å². The second-order valence-electron chi connectivity index (χ2n) is 7.31. The number of imide groups is 1. The largest absolute Gasteiger partial charge is 0.457 e. The van der Waals surface area contributed by atoms with Crippen LogP contribution in [0.25, 0.3) is 0 Å². The fourth-order valence-electron chi connectivity index (χ4n) is 3.25. The Morgan fingerprint density at radius 1 is 0.839 bits per heavy atom. The Hall–Kier alpha value is -3.74. The van der Waals surface area contributed by atoms with E-state index in [-0.39, 0.29) is 0 Å². The minimum absolute atomic E-state index is 0.465. The number of halogens is 2. The van der Waals surface area contributed by atoms with E-state index in [1.54, 1.807) is 26.0 Å². The number of urea groups is 1. The molecule has 0 fully saturated rings. The Morgan fingerprint density at radius 3 is 2.03 bits per heavy atom. The summed E-state index contributed by atoms with van der Waals surface area (Å²) >= 11 is 0. The molecule has 5 nitrogen and oxygen atoms in total. The summed E-state index contributed by atoms with van der Waals surface area (Å²) in [6.07, 6.45) is 0. The Balaban J connectivity index is 1.74. The van der Waals surface area contributed by atoms with Crippen LogP contribution < -0.4 is 15.4 Å². The van der Waals surface area contributed by atoms with Gasteiger partial charge in [-0.15, -0.1) is 0 Å². The fourth-order valence-corrected chi connectivity index (χ4v) is 3.25. The minimum Gasteiger partial charge on any atom is -0.457 e. The van der Waals surface area contributed by atoms with Crippen molar-refractivity contribution in [2.75, 3.05) is 5.32 Å². The van der Waals surface area contributed by atoms with Gasteiger partial charge in [0.25, 0.3) is 5.91 Å². The van der Waals surface area contributed by atoms with E-state index < -0.39 is 29.1 Å². The van der Waals surface area contributed by atoms with E-state index in [0.29, 0.717) is 22.6 Å². The zero-order valence-electron chi connectivity index (χ0n) is 17.6. The van der Waals surface area contributed by atoms with Crippen molar-refractivity contribution in [2.24, 2.45) is 0 Å². The zero-order chi connectivity index (χ0) is 22.7. The number of rotatable bonds is 4. The lowest BCUT2D eigenvalue weighted by Crippen LogP contribution is -2.35. The van der Waals surface area contributed by atoms with Crippen LogP contribution in [-0.2, 0) is 0 Å². The van der Waals surface area contributed by atoms with E-state index >= 15 is 0 Å². The summed E-state index contributed by atoms with van der Waals surface area (Å²) in [7, 11) is 0. The molecule has 31 heavy (non-hydrogen) atoms. The molecule has 160 valence electrons. The summed E-state index contributed by atoms with van der Waals surface area (Å²) in [6, 6.07) is 11.5. The van der Waals surface area contributed by atoms with Crippen LogP contribution in [0.1, 0.15) is 32.6 Å². The number of anilines is 1. The van der Waals surface area contributed by atoms with Gasteiger partial charge in [-0.2, -0.15) is 0 Å². The highest BCUT2D eigenvalue weighted by Gasteiger charge is 2.20. The molecule has 0 saturated heterocycles. The highest BCUT2D eigenvalue weighted by molar-refractivity contribution is 6.08. The monoisotopic (exact) mass is 424 g/mol. The lowest BCUT2D eigenvalue weighted by molar-refractivity contribution is 0.0959. The summed E-state index contributed by atoms with van der Waals surface area (Å²) in [5, 5.41) is 4.50. The molecule has 7 heteroatoms. The van der Waals surface area contributed by atoms with Crippen molar-refractivity contribution in [3.63, 3.8) is 0 Å².